The predicted octanol–water partition coefficient (Wildman–Crippen LogP) is 3.21. The van der Waals surface area contributed by atoms with Crippen LogP contribution in [-0.4, -0.2) is 42.0 Å². The van der Waals surface area contributed by atoms with Crippen molar-refractivity contribution in [1.29, 1.82) is 0 Å². The lowest BCUT2D eigenvalue weighted by atomic mass is 10.1. The van der Waals surface area contributed by atoms with Crippen LogP contribution < -0.4 is 15.8 Å². The van der Waals surface area contributed by atoms with Crippen molar-refractivity contribution in [2.45, 2.75) is 32.7 Å². The summed E-state index contributed by atoms with van der Waals surface area (Å²) < 4.78 is 6.71. The van der Waals surface area contributed by atoms with Crippen molar-refractivity contribution >= 4 is 28.2 Å². The number of aromatic nitrogens is 2. The van der Waals surface area contributed by atoms with Gasteiger partial charge in [0.2, 0.25) is 5.91 Å². The highest BCUT2D eigenvalue weighted by Crippen LogP contribution is 2.22. The van der Waals surface area contributed by atoms with Crippen LogP contribution in [0.15, 0.2) is 53.3 Å². The third kappa shape index (κ3) is 4.94. The van der Waals surface area contributed by atoms with E-state index < -0.39 is 0 Å². The maximum atomic E-state index is 13.0. The van der Waals surface area contributed by atoms with Crippen LogP contribution in [-0.2, 0) is 22.5 Å². The van der Waals surface area contributed by atoms with E-state index in [4.69, 9.17) is 4.74 Å². The molecule has 31 heavy (non-hydrogen) atoms. The van der Waals surface area contributed by atoms with E-state index in [-0.39, 0.29) is 18.0 Å². The van der Waals surface area contributed by atoms with Crippen molar-refractivity contribution in [3.63, 3.8) is 0 Å². The molecule has 1 saturated heterocycles. The van der Waals surface area contributed by atoms with Crippen molar-refractivity contribution in [2.24, 2.45) is 0 Å². The highest BCUT2D eigenvalue weighted by Gasteiger charge is 2.19. The van der Waals surface area contributed by atoms with Gasteiger partial charge in [-0.25, -0.2) is 4.68 Å². The molecule has 0 unspecified atom stereocenters. The topological polar surface area (TPSA) is 76.5 Å². The summed E-state index contributed by atoms with van der Waals surface area (Å²) in [5, 5.41) is 8.80. The van der Waals surface area contributed by atoms with Crippen LogP contribution in [0.4, 0.5) is 11.5 Å². The Kier molecular flexibility index (Phi) is 6.62. The first-order chi connectivity index (χ1) is 15.2. The van der Waals surface area contributed by atoms with Gasteiger partial charge in [-0.2, -0.15) is 5.10 Å². The van der Waals surface area contributed by atoms with E-state index in [1.807, 2.05) is 42.5 Å². The Labute approximate surface area is 181 Å². The number of unbranched alkanes of at least 4 members (excludes halogenated alkanes) is 1. The second-order valence-corrected chi connectivity index (χ2v) is 7.78. The van der Waals surface area contributed by atoms with E-state index in [0.29, 0.717) is 43.2 Å². The molecule has 7 heteroatoms. The molecule has 0 atom stereocenters. The molecule has 1 aliphatic heterocycles. The Balaban J connectivity index is 1.55. The zero-order valence-corrected chi connectivity index (χ0v) is 17.8. The Morgan fingerprint density at radius 2 is 1.77 bits per heavy atom. The van der Waals surface area contributed by atoms with Gasteiger partial charge in [-0.3, -0.25) is 9.59 Å². The fourth-order valence-corrected chi connectivity index (χ4v) is 3.81. The SMILES string of the molecule is CCCCc1ccc(NC(=O)Cn2nc(N3CCOCC3)c3ccccc3c2=O)cc1. The minimum absolute atomic E-state index is 0.140. The maximum absolute atomic E-state index is 13.0. The van der Waals surface area contributed by atoms with Gasteiger partial charge >= 0.3 is 0 Å². The monoisotopic (exact) mass is 420 g/mol. The van der Waals surface area contributed by atoms with Gasteiger partial charge in [-0.05, 0) is 36.6 Å². The Morgan fingerprint density at radius 1 is 1.06 bits per heavy atom. The first kappa shape index (κ1) is 21.1. The Morgan fingerprint density at radius 3 is 2.48 bits per heavy atom. The van der Waals surface area contributed by atoms with Gasteiger partial charge in [-0.15, -0.1) is 0 Å². The normalized spacial score (nSPS) is 14.0. The molecule has 0 spiro atoms. The molecule has 2 heterocycles. The van der Waals surface area contributed by atoms with E-state index in [0.717, 1.165) is 24.6 Å². The third-order valence-electron chi connectivity index (χ3n) is 5.51. The first-order valence-corrected chi connectivity index (χ1v) is 10.9. The number of carbonyl (C=O) groups excluding carboxylic acids is 1. The van der Waals surface area contributed by atoms with Crippen molar-refractivity contribution in [1.82, 2.24) is 9.78 Å². The third-order valence-corrected chi connectivity index (χ3v) is 5.51. The maximum Gasteiger partial charge on any atom is 0.275 e. The summed E-state index contributed by atoms with van der Waals surface area (Å²) in [4.78, 5) is 27.7. The molecule has 0 bridgehead atoms. The number of benzene rings is 2. The lowest BCUT2D eigenvalue weighted by Gasteiger charge is -2.29. The number of amides is 1. The van der Waals surface area contributed by atoms with E-state index >= 15 is 0 Å². The van der Waals surface area contributed by atoms with Gasteiger partial charge in [-0.1, -0.05) is 43.7 Å². The molecule has 0 saturated carbocycles. The molecule has 0 aliphatic carbocycles. The highest BCUT2D eigenvalue weighted by molar-refractivity contribution is 5.93. The molecule has 4 rings (SSSR count). The number of fused-ring (bicyclic) bond motifs is 1. The summed E-state index contributed by atoms with van der Waals surface area (Å²) in [7, 11) is 0. The smallest absolute Gasteiger partial charge is 0.275 e. The number of ether oxygens (including phenoxy) is 1. The Hall–Kier alpha value is -3.19. The van der Waals surface area contributed by atoms with Crippen molar-refractivity contribution < 1.29 is 9.53 Å². The predicted molar refractivity (Wildman–Crippen MR) is 123 cm³/mol. The standard InChI is InChI=1S/C24H28N4O3/c1-2-3-6-18-9-11-19(12-10-18)25-22(29)17-28-24(30)21-8-5-4-7-20(21)23(26-28)27-13-15-31-16-14-27/h4-5,7-12H,2-3,6,13-17H2,1H3,(H,25,29). The summed E-state index contributed by atoms with van der Waals surface area (Å²) in [5.41, 5.74) is 1.70. The van der Waals surface area contributed by atoms with Gasteiger partial charge in [0.05, 0.1) is 18.6 Å². The summed E-state index contributed by atoms with van der Waals surface area (Å²) in [6.45, 7) is 4.66. The fraction of sp³-hybridized carbons (Fsp3) is 0.375. The summed E-state index contributed by atoms with van der Waals surface area (Å²) in [6, 6.07) is 15.3. The number of nitrogens with zero attached hydrogens (tertiary/aromatic N) is 3. The largest absolute Gasteiger partial charge is 0.378 e. The van der Waals surface area contributed by atoms with Crippen LogP contribution >= 0.6 is 0 Å². The van der Waals surface area contributed by atoms with Crippen molar-refractivity contribution in [3.05, 3.63) is 64.4 Å². The Bertz CT molecular complexity index is 1100. The average Bonchev–Trinajstić information content (AvgIpc) is 2.81. The van der Waals surface area contributed by atoms with Gasteiger partial charge < -0.3 is 15.0 Å². The molecular weight excluding hydrogens is 392 g/mol. The summed E-state index contributed by atoms with van der Waals surface area (Å²) in [5.74, 6) is 0.436. The zero-order chi connectivity index (χ0) is 21.6. The minimum Gasteiger partial charge on any atom is -0.378 e. The van der Waals surface area contributed by atoms with Crippen LogP contribution in [0.5, 0.6) is 0 Å². The minimum atomic E-state index is -0.279. The van der Waals surface area contributed by atoms with Crippen LogP contribution in [0.1, 0.15) is 25.3 Å². The lowest BCUT2D eigenvalue weighted by molar-refractivity contribution is -0.117. The fourth-order valence-electron chi connectivity index (χ4n) is 3.81. The molecule has 1 N–H and O–H groups in total. The number of anilines is 2. The van der Waals surface area contributed by atoms with Crippen LogP contribution in [0.3, 0.4) is 0 Å². The van der Waals surface area contributed by atoms with E-state index in [2.05, 4.69) is 22.2 Å². The molecule has 1 amide bonds. The van der Waals surface area contributed by atoms with Gasteiger partial charge in [0.25, 0.3) is 5.56 Å². The lowest BCUT2D eigenvalue weighted by Crippen LogP contribution is -2.39. The first-order valence-electron chi connectivity index (χ1n) is 10.9. The second-order valence-electron chi connectivity index (χ2n) is 7.78. The molecular formula is C24H28N4O3. The number of hydrogen-bond acceptors (Lipinski definition) is 5. The van der Waals surface area contributed by atoms with Crippen molar-refractivity contribution in [3.8, 4) is 0 Å². The molecule has 0 radical (unpaired) electrons. The van der Waals surface area contributed by atoms with E-state index in [1.165, 1.54) is 10.2 Å². The number of morpholine rings is 1. The molecule has 1 fully saturated rings. The quantitative estimate of drug-likeness (QED) is 0.635. The molecule has 1 aromatic heterocycles. The van der Waals surface area contributed by atoms with Crippen LogP contribution in [0.25, 0.3) is 10.8 Å². The van der Waals surface area contributed by atoms with Gasteiger partial charge in [0, 0.05) is 24.2 Å². The van der Waals surface area contributed by atoms with Crippen LogP contribution in [0, 0.1) is 0 Å². The van der Waals surface area contributed by atoms with E-state index in [1.54, 1.807) is 6.07 Å². The average molecular weight is 421 g/mol. The highest BCUT2D eigenvalue weighted by atomic mass is 16.5. The summed E-state index contributed by atoms with van der Waals surface area (Å²) >= 11 is 0. The molecule has 3 aromatic rings. The van der Waals surface area contributed by atoms with Crippen LogP contribution in [0.2, 0.25) is 0 Å². The molecule has 2 aromatic carbocycles. The number of aryl methyl sites for hydroxylation is 1. The van der Waals surface area contributed by atoms with Crippen molar-refractivity contribution in [2.75, 3.05) is 36.5 Å². The molecule has 162 valence electrons. The van der Waals surface area contributed by atoms with E-state index in [9.17, 15) is 9.59 Å². The summed E-state index contributed by atoms with van der Waals surface area (Å²) in [6.07, 6.45) is 3.33. The number of nitrogens with one attached hydrogen (secondary N) is 1. The number of carbonyl (C=O) groups is 1. The van der Waals surface area contributed by atoms with Gasteiger partial charge in [0.15, 0.2) is 5.82 Å². The molecule has 7 nitrogen and oxygen atoms in total. The number of hydrogen-bond donors (Lipinski definition) is 1. The second kappa shape index (κ2) is 9.75. The number of rotatable bonds is 7. The molecule has 1 aliphatic rings. The van der Waals surface area contributed by atoms with Gasteiger partial charge in [0.1, 0.15) is 6.54 Å². The zero-order valence-electron chi connectivity index (χ0n) is 17.8.